The molecule has 3 aromatic rings. The molecule has 0 atom stereocenters. The molecule has 0 fully saturated rings. The fourth-order valence-electron chi connectivity index (χ4n) is 1.26. The minimum atomic E-state index is -0.950. The van der Waals surface area contributed by atoms with Crippen LogP contribution in [-0.4, -0.2) is 36.7 Å². The average Bonchev–Trinajstić information content (AvgIpc) is 2.96. The van der Waals surface area contributed by atoms with Gasteiger partial charge in [0.05, 0.1) is 10.2 Å². The first kappa shape index (κ1) is 13.4. The first-order valence-corrected chi connectivity index (χ1v) is 6.40. The van der Waals surface area contributed by atoms with Crippen LogP contribution in [0.5, 0.6) is 0 Å². The van der Waals surface area contributed by atoms with Gasteiger partial charge in [0.1, 0.15) is 10.8 Å². The van der Waals surface area contributed by atoms with Gasteiger partial charge in [-0.15, -0.1) is 29.1 Å². The molecule has 98 valence electrons. The predicted molar refractivity (Wildman–Crippen MR) is 72.4 cm³/mol. The number of aromatic nitrogens is 5. The highest BCUT2D eigenvalue weighted by molar-refractivity contribution is 7.82. The Morgan fingerprint density at radius 1 is 1.42 bits per heavy atom. The van der Waals surface area contributed by atoms with Crippen molar-refractivity contribution in [3.05, 3.63) is 30.1 Å². The van der Waals surface area contributed by atoms with Crippen LogP contribution in [0.25, 0.3) is 10.2 Å². The van der Waals surface area contributed by atoms with Gasteiger partial charge >= 0.3 is 5.97 Å². The van der Waals surface area contributed by atoms with Gasteiger partial charge in [-0.2, -0.15) is 0 Å². The van der Waals surface area contributed by atoms with Gasteiger partial charge in [-0.25, -0.2) is 10.1 Å². The van der Waals surface area contributed by atoms with Crippen molar-refractivity contribution < 1.29 is 9.90 Å². The Morgan fingerprint density at radius 2 is 2.21 bits per heavy atom. The van der Waals surface area contributed by atoms with Crippen molar-refractivity contribution in [2.75, 3.05) is 0 Å². The normalized spacial score (nSPS) is 9.95. The fourth-order valence-corrected chi connectivity index (χ4v) is 2.37. The molecule has 2 aromatic heterocycles. The predicted octanol–water partition coefficient (Wildman–Crippen LogP) is 1.41. The van der Waals surface area contributed by atoms with Crippen LogP contribution in [0.2, 0.25) is 0 Å². The van der Waals surface area contributed by atoms with Gasteiger partial charge in [0, 0.05) is 0 Å². The zero-order valence-corrected chi connectivity index (χ0v) is 11.2. The Bertz CT molecular complexity index is 634. The van der Waals surface area contributed by atoms with Gasteiger partial charge in [-0.05, 0) is 22.6 Å². The maximum absolute atomic E-state index is 9.95. The number of benzene rings is 1. The van der Waals surface area contributed by atoms with Gasteiger partial charge in [-0.3, -0.25) is 4.79 Å². The van der Waals surface area contributed by atoms with Gasteiger partial charge in [0.15, 0.2) is 5.82 Å². The van der Waals surface area contributed by atoms with Crippen molar-refractivity contribution >= 4 is 40.2 Å². The molecule has 19 heavy (non-hydrogen) atoms. The third kappa shape index (κ3) is 4.00. The number of nitrogens with one attached hydrogen (secondary N) is 1. The monoisotopic (exact) mass is 295 g/mol. The number of aromatic amines is 1. The summed E-state index contributed by atoms with van der Waals surface area (Å²) in [4.78, 5) is 14.1. The van der Waals surface area contributed by atoms with E-state index in [9.17, 15) is 4.79 Å². The molecule has 0 bridgehead atoms. The molecule has 0 aliphatic carbocycles. The second-order valence-corrected chi connectivity index (χ2v) is 5.14. The van der Waals surface area contributed by atoms with E-state index in [2.05, 4.69) is 38.2 Å². The number of tetrazole rings is 1. The summed E-state index contributed by atoms with van der Waals surface area (Å²) in [5.74, 6) is -0.684. The second kappa shape index (κ2) is 6.25. The largest absolute Gasteiger partial charge is 0.481 e. The van der Waals surface area contributed by atoms with Gasteiger partial charge < -0.3 is 5.11 Å². The van der Waals surface area contributed by atoms with E-state index >= 15 is 0 Å². The molecular weight excluding hydrogens is 286 g/mol. The fraction of sp³-hybridized carbons (Fsp3) is 0.100. The lowest BCUT2D eigenvalue weighted by Gasteiger charge is -1.82. The van der Waals surface area contributed by atoms with Crippen molar-refractivity contribution in [3.8, 4) is 0 Å². The lowest BCUT2D eigenvalue weighted by atomic mass is 10.3. The van der Waals surface area contributed by atoms with Crippen LogP contribution in [0.1, 0.15) is 5.82 Å². The summed E-state index contributed by atoms with van der Waals surface area (Å²) in [6.45, 7) is 0. The van der Waals surface area contributed by atoms with E-state index in [-0.39, 0.29) is 12.2 Å². The number of carboxylic acid groups (broad SMARTS) is 1. The molecule has 0 radical (unpaired) electrons. The number of rotatable bonds is 2. The maximum Gasteiger partial charge on any atom is 0.311 e. The van der Waals surface area contributed by atoms with Crippen LogP contribution in [0.4, 0.5) is 0 Å². The number of thiazole rings is 1. The van der Waals surface area contributed by atoms with Crippen LogP contribution in [0.15, 0.2) is 28.6 Å². The summed E-state index contributed by atoms with van der Waals surface area (Å²) in [6, 6.07) is 8.03. The first-order chi connectivity index (χ1) is 9.15. The summed E-state index contributed by atoms with van der Waals surface area (Å²) in [5.41, 5.74) is 1.04. The zero-order chi connectivity index (χ0) is 13.7. The molecule has 0 saturated heterocycles. The number of nitrogens with zero attached hydrogens (tertiary/aromatic N) is 4. The number of carbonyl (C=O) groups is 1. The van der Waals surface area contributed by atoms with Gasteiger partial charge in [-0.1, -0.05) is 12.1 Å². The third-order valence-electron chi connectivity index (χ3n) is 1.99. The van der Waals surface area contributed by atoms with Crippen LogP contribution >= 0.6 is 24.0 Å². The van der Waals surface area contributed by atoms with Gasteiger partial charge in [0.25, 0.3) is 0 Å². The lowest BCUT2D eigenvalue weighted by molar-refractivity contribution is -0.136. The van der Waals surface area contributed by atoms with Crippen LogP contribution in [0, 0.1) is 0 Å². The highest BCUT2D eigenvalue weighted by Gasteiger charge is 2.01. The molecule has 2 N–H and O–H groups in total. The Labute approximate surface area is 117 Å². The third-order valence-corrected chi connectivity index (χ3v) is 3.20. The smallest absolute Gasteiger partial charge is 0.311 e. The Hall–Kier alpha value is -2.00. The second-order valence-electron chi connectivity index (χ2n) is 3.38. The van der Waals surface area contributed by atoms with Crippen molar-refractivity contribution in [3.63, 3.8) is 0 Å². The van der Waals surface area contributed by atoms with E-state index in [1.54, 1.807) is 11.3 Å². The Morgan fingerprint density at radius 3 is 2.84 bits per heavy atom. The van der Waals surface area contributed by atoms with E-state index in [1.165, 1.54) is 4.70 Å². The number of thiol groups is 1. The van der Waals surface area contributed by atoms with E-state index in [1.807, 2.05) is 24.3 Å². The van der Waals surface area contributed by atoms with Crippen molar-refractivity contribution in [1.29, 1.82) is 0 Å². The number of para-hydroxylation sites is 1. The summed E-state index contributed by atoms with van der Waals surface area (Å²) in [6.07, 6.45) is -0.160. The van der Waals surface area contributed by atoms with E-state index in [0.717, 1.165) is 9.86 Å². The molecular formula is C10H9N5O2S2. The average molecular weight is 295 g/mol. The van der Waals surface area contributed by atoms with E-state index < -0.39 is 5.97 Å². The molecule has 0 saturated carbocycles. The SMILES string of the molecule is O=C(O)Cc1nnn[nH]1.Sc1nc2ccccc2s1. The molecule has 2 heterocycles. The molecule has 3 rings (SSSR count). The summed E-state index contributed by atoms with van der Waals surface area (Å²) in [5, 5.41) is 20.2. The molecule has 7 nitrogen and oxygen atoms in total. The molecule has 0 unspecified atom stereocenters. The van der Waals surface area contributed by atoms with E-state index in [0.29, 0.717) is 0 Å². The lowest BCUT2D eigenvalue weighted by Crippen LogP contribution is -2.01. The molecule has 9 heteroatoms. The Balaban J connectivity index is 0.000000141. The molecule has 0 spiro atoms. The summed E-state index contributed by atoms with van der Waals surface area (Å²) < 4.78 is 2.04. The minimum absolute atomic E-state index is 0.160. The van der Waals surface area contributed by atoms with Crippen molar-refractivity contribution in [1.82, 2.24) is 25.6 Å². The molecule has 1 aromatic carbocycles. The van der Waals surface area contributed by atoms with Crippen molar-refractivity contribution in [2.24, 2.45) is 0 Å². The number of aliphatic carboxylic acids is 1. The summed E-state index contributed by atoms with van der Waals surface area (Å²) >= 11 is 5.76. The molecule has 0 amide bonds. The van der Waals surface area contributed by atoms with Crippen molar-refractivity contribution in [2.45, 2.75) is 10.8 Å². The standard InChI is InChI=1S/C7H5NS2.C3H4N4O2/c9-7-8-5-3-1-2-4-6(5)10-7;8-3(9)1-2-4-6-7-5-2/h1-4H,(H,8,9);1H2,(H,8,9)(H,4,5,6,7). The number of hydrogen-bond donors (Lipinski definition) is 3. The quantitative estimate of drug-likeness (QED) is 0.617. The van der Waals surface area contributed by atoms with Crippen LogP contribution < -0.4 is 0 Å². The minimum Gasteiger partial charge on any atom is -0.481 e. The van der Waals surface area contributed by atoms with Gasteiger partial charge in [0.2, 0.25) is 0 Å². The number of carboxylic acids is 1. The molecule has 0 aliphatic heterocycles. The highest BCUT2D eigenvalue weighted by atomic mass is 32.2. The van der Waals surface area contributed by atoms with Crippen LogP contribution in [0.3, 0.4) is 0 Å². The van der Waals surface area contributed by atoms with E-state index in [4.69, 9.17) is 5.11 Å². The number of H-pyrrole nitrogens is 1. The zero-order valence-electron chi connectivity index (χ0n) is 9.52. The number of fused-ring (bicyclic) bond motifs is 1. The van der Waals surface area contributed by atoms with Crippen LogP contribution in [-0.2, 0) is 11.2 Å². The highest BCUT2D eigenvalue weighted by Crippen LogP contribution is 2.23. The first-order valence-electron chi connectivity index (χ1n) is 5.14. The summed E-state index contributed by atoms with van der Waals surface area (Å²) in [7, 11) is 0. The maximum atomic E-state index is 9.95. The molecule has 0 aliphatic rings. The topological polar surface area (TPSA) is 105 Å². The Kier molecular flexibility index (Phi) is 4.42. The number of hydrogen-bond acceptors (Lipinski definition) is 7.